The molecule has 0 atom stereocenters. The van der Waals surface area contributed by atoms with Crippen LogP contribution in [0.3, 0.4) is 0 Å². The minimum absolute atomic E-state index is 0.0725. The number of hydrogen-bond donors (Lipinski definition) is 2. The summed E-state index contributed by atoms with van der Waals surface area (Å²) in [6, 6.07) is 20.5. The molecular formula is C15H14N2O. The van der Waals surface area contributed by atoms with E-state index in [1.165, 1.54) is 11.1 Å². The van der Waals surface area contributed by atoms with Gasteiger partial charge >= 0.3 is 0 Å². The highest BCUT2D eigenvalue weighted by molar-refractivity contribution is 5.33. The van der Waals surface area contributed by atoms with Crippen LogP contribution in [0.25, 0.3) is 0 Å². The smallest absolute Gasteiger partial charge is 0.221 e. The molecular weight excluding hydrogens is 224 g/mol. The second kappa shape index (κ2) is 4.45. The van der Waals surface area contributed by atoms with Crippen molar-refractivity contribution in [2.45, 2.75) is 6.04 Å². The zero-order valence-electron chi connectivity index (χ0n) is 9.82. The summed E-state index contributed by atoms with van der Waals surface area (Å²) in [6.45, 7) is 0. The highest BCUT2D eigenvalue weighted by atomic mass is 16.3. The van der Waals surface area contributed by atoms with Crippen molar-refractivity contribution in [3.8, 4) is 5.88 Å². The van der Waals surface area contributed by atoms with Gasteiger partial charge in [-0.1, -0.05) is 60.7 Å². The van der Waals surface area contributed by atoms with Crippen molar-refractivity contribution in [3.05, 3.63) is 78.0 Å². The molecule has 3 rings (SSSR count). The summed E-state index contributed by atoms with van der Waals surface area (Å²) in [6.07, 6.45) is 1.70. The Hall–Kier alpha value is -2.42. The van der Waals surface area contributed by atoms with E-state index in [1.54, 1.807) is 6.20 Å². The van der Waals surface area contributed by atoms with Gasteiger partial charge < -0.3 is 5.11 Å². The Morgan fingerprint density at radius 1 is 0.833 bits per heavy atom. The Labute approximate surface area is 105 Å². The first-order chi connectivity index (χ1) is 8.84. The fraction of sp³-hybridized carbons (Fsp3) is 0.0667. The molecule has 18 heavy (non-hydrogen) atoms. The SMILES string of the molecule is Oc1cn(C(c2ccccc2)c2ccccc2)[nH]1. The van der Waals surface area contributed by atoms with E-state index in [1.807, 2.05) is 41.1 Å². The molecule has 0 bridgehead atoms. The van der Waals surface area contributed by atoms with Gasteiger partial charge in [0.05, 0.1) is 12.2 Å². The van der Waals surface area contributed by atoms with Gasteiger partial charge in [-0.05, 0) is 11.1 Å². The minimum Gasteiger partial charge on any atom is -0.493 e. The summed E-state index contributed by atoms with van der Waals surface area (Å²) in [5, 5.41) is 12.2. The predicted molar refractivity (Wildman–Crippen MR) is 70.6 cm³/mol. The molecule has 0 aliphatic rings. The summed E-state index contributed by atoms with van der Waals surface area (Å²) >= 11 is 0. The van der Waals surface area contributed by atoms with E-state index in [0.29, 0.717) is 0 Å². The third kappa shape index (κ3) is 1.91. The average Bonchev–Trinajstić information content (AvgIpc) is 2.40. The highest BCUT2D eigenvalue weighted by Crippen LogP contribution is 2.27. The molecule has 0 unspecified atom stereocenters. The van der Waals surface area contributed by atoms with Crippen molar-refractivity contribution >= 4 is 0 Å². The van der Waals surface area contributed by atoms with E-state index < -0.39 is 0 Å². The predicted octanol–water partition coefficient (Wildman–Crippen LogP) is 3.16. The van der Waals surface area contributed by atoms with Crippen LogP contribution in [0.2, 0.25) is 0 Å². The van der Waals surface area contributed by atoms with Crippen LogP contribution >= 0.6 is 0 Å². The van der Waals surface area contributed by atoms with Crippen molar-refractivity contribution in [3.63, 3.8) is 0 Å². The van der Waals surface area contributed by atoms with Crippen LogP contribution in [0.1, 0.15) is 17.2 Å². The lowest BCUT2D eigenvalue weighted by Crippen LogP contribution is -2.17. The van der Waals surface area contributed by atoms with Crippen molar-refractivity contribution in [1.82, 2.24) is 9.78 Å². The number of hydrogen-bond acceptors (Lipinski definition) is 1. The molecule has 1 aromatic heterocycles. The highest BCUT2D eigenvalue weighted by Gasteiger charge is 2.17. The summed E-state index contributed by atoms with van der Waals surface area (Å²) in [5.74, 6) is 0.201. The maximum atomic E-state index is 9.27. The van der Waals surface area contributed by atoms with Gasteiger partial charge in [0.1, 0.15) is 0 Å². The first-order valence-corrected chi connectivity index (χ1v) is 5.90. The molecule has 0 aliphatic heterocycles. The van der Waals surface area contributed by atoms with Crippen LogP contribution < -0.4 is 0 Å². The molecule has 3 heteroatoms. The topological polar surface area (TPSA) is 41.0 Å². The van der Waals surface area contributed by atoms with E-state index in [2.05, 4.69) is 29.4 Å². The zero-order valence-corrected chi connectivity index (χ0v) is 9.82. The lowest BCUT2D eigenvalue weighted by Gasteiger charge is -2.24. The van der Waals surface area contributed by atoms with Gasteiger partial charge in [0.2, 0.25) is 5.88 Å². The maximum absolute atomic E-state index is 9.27. The first kappa shape index (κ1) is 10.7. The first-order valence-electron chi connectivity index (χ1n) is 5.90. The van der Waals surface area contributed by atoms with Crippen LogP contribution in [-0.4, -0.2) is 14.9 Å². The third-order valence-corrected chi connectivity index (χ3v) is 3.01. The maximum Gasteiger partial charge on any atom is 0.221 e. The standard InChI is InChI=1S/C15H14N2O/c18-14-11-17(16-14)15(12-7-3-1-4-8-12)13-9-5-2-6-10-13/h1-11,15-16,18H. The molecule has 2 aromatic carbocycles. The Morgan fingerprint density at radius 3 is 1.67 bits per heavy atom. The molecule has 0 radical (unpaired) electrons. The van der Waals surface area contributed by atoms with Crippen molar-refractivity contribution in [1.29, 1.82) is 0 Å². The van der Waals surface area contributed by atoms with Gasteiger partial charge in [-0.2, -0.15) is 0 Å². The number of H-pyrrole nitrogens is 1. The lowest BCUT2D eigenvalue weighted by atomic mass is 9.99. The van der Waals surface area contributed by atoms with Crippen LogP contribution in [0.15, 0.2) is 66.9 Å². The molecule has 3 nitrogen and oxygen atoms in total. The summed E-state index contributed by atoms with van der Waals surface area (Å²) < 4.78 is 1.90. The summed E-state index contributed by atoms with van der Waals surface area (Å²) in [5.41, 5.74) is 2.36. The van der Waals surface area contributed by atoms with E-state index >= 15 is 0 Å². The fourth-order valence-electron chi connectivity index (χ4n) is 2.18. The number of benzene rings is 2. The van der Waals surface area contributed by atoms with E-state index in [-0.39, 0.29) is 11.9 Å². The number of aromatic amines is 1. The van der Waals surface area contributed by atoms with Crippen LogP contribution in [0.4, 0.5) is 0 Å². The Balaban J connectivity index is 2.06. The third-order valence-electron chi connectivity index (χ3n) is 3.01. The fourth-order valence-corrected chi connectivity index (χ4v) is 2.18. The summed E-state index contributed by atoms with van der Waals surface area (Å²) in [4.78, 5) is 0. The molecule has 1 heterocycles. The average molecular weight is 238 g/mol. The molecule has 90 valence electrons. The molecule has 0 saturated carbocycles. The molecule has 3 aromatic rings. The van der Waals surface area contributed by atoms with Gasteiger partial charge in [0.15, 0.2) is 0 Å². The molecule has 0 amide bonds. The second-order valence-corrected chi connectivity index (χ2v) is 4.26. The van der Waals surface area contributed by atoms with E-state index in [0.717, 1.165) is 0 Å². The van der Waals surface area contributed by atoms with E-state index in [9.17, 15) is 5.11 Å². The van der Waals surface area contributed by atoms with Crippen molar-refractivity contribution < 1.29 is 5.11 Å². The van der Waals surface area contributed by atoms with Crippen molar-refractivity contribution in [2.75, 3.05) is 0 Å². The molecule has 0 saturated heterocycles. The number of nitrogens with one attached hydrogen (secondary N) is 1. The molecule has 0 aliphatic carbocycles. The number of aromatic nitrogens is 2. The van der Waals surface area contributed by atoms with Gasteiger partial charge in [-0.15, -0.1) is 0 Å². The summed E-state index contributed by atoms with van der Waals surface area (Å²) in [7, 11) is 0. The monoisotopic (exact) mass is 238 g/mol. The second-order valence-electron chi connectivity index (χ2n) is 4.26. The Kier molecular flexibility index (Phi) is 2.65. The normalized spacial score (nSPS) is 10.9. The number of rotatable bonds is 3. The molecule has 0 fully saturated rings. The van der Waals surface area contributed by atoms with Crippen LogP contribution in [0.5, 0.6) is 5.88 Å². The Bertz CT molecular complexity index is 559. The lowest BCUT2D eigenvalue weighted by molar-refractivity contribution is 0.379. The molecule has 0 spiro atoms. The van der Waals surface area contributed by atoms with Gasteiger partial charge in [0, 0.05) is 0 Å². The largest absolute Gasteiger partial charge is 0.493 e. The van der Waals surface area contributed by atoms with Gasteiger partial charge in [-0.3, -0.25) is 9.78 Å². The van der Waals surface area contributed by atoms with Crippen LogP contribution in [0, 0.1) is 0 Å². The molecule has 2 N–H and O–H groups in total. The minimum atomic E-state index is 0.0725. The van der Waals surface area contributed by atoms with E-state index in [4.69, 9.17) is 0 Å². The van der Waals surface area contributed by atoms with Crippen LogP contribution in [-0.2, 0) is 0 Å². The van der Waals surface area contributed by atoms with Gasteiger partial charge in [0.25, 0.3) is 0 Å². The number of aromatic hydroxyl groups is 1. The zero-order chi connectivity index (χ0) is 12.4. The Morgan fingerprint density at radius 2 is 1.28 bits per heavy atom. The van der Waals surface area contributed by atoms with Gasteiger partial charge in [-0.25, -0.2) is 0 Å². The number of nitrogens with zero attached hydrogens (tertiary/aromatic N) is 1. The van der Waals surface area contributed by atoms with Crippen molar-refractivity contribution in [2.24, 2.45) is 0 Å². The quantitative estimate of drug-likeness (QED) is 0.723.